The van der Waals surface area contributed by atoms with Crippen molar-refractivity contribution in [2.24, 2.45) is 5.92 Å². The Kier molecular flexibility index (Phi) is 6.27. The maximum atomic E-state index is 11.9. The second-order valence-corrected chi connectivity index (χ2v) is 6.48. The number of sulfonamides is 1. The summed E-state index contributed by atoms with van der Waals surface area (Å²) >= 11 is 0. The van der Waals surface area contributed by atoms with Crippen LogP contribution in [0.1, 0.15) is 20.3 Å². The van der Waals surface area contributed by atoms with Crippen molar-refractivity contribution >= 4 is 10.0 Å². The summed E-state index contributed by atoms with van der Waals surface area (Å²) in [6.45, 7) is 5.68. The van der Waals surface area contributed by atoms with Crippen molar-refractivity contribution in [3.63, 3.8) is 0 Å². The van der Waals surface area contributed by atoms with Gasteiger partial charge in [-0.2, -0.15) is 0 Å². The largest absolute Gasteiger partial charge is 0.508 e. The molecule has 5 nitrogen and oxygen atoms in total. The van der Waals surface area contributed by atoms with Gasteiger partial charge in [-0.25, -0.2) is 13.1 Å². The molecule has 1 aromatic carbocycles. The molecule has 0 amide bonds. The van der Waals surface area contributed by atoms with Crippen LogP contribution in [0.25, 0.3) is 0 Å². The lowest BCUT2D eigenvalue weighted by molar-refractivity contribution is 0.108. The number of rotatable bonds is 8. The maximum absolute atomic E-state index is 11.9. The van der Waals surface area contributed by atoms with Gasteiger partial charge in [0.2, 0.25) is 10.0 Å². The molecule has 0 bridgehead atoms. The van der Waals surface area contributed by atoms with Crippen LogP contribution in [0.2, 0.25) is 0 Å². The minimum Gasteiger partial charge on any atom is -0.508 e. The second kappa shape index (κ2) is 7.47. The standard InChI is InChI=1S/C13H21NO4S/c1-11(2)10-18-9-3-8-14-19(16,17)13-6-4-12(15)5-7-13/h4-7,11,14-15H,3,8-10H2,1-2H3. The first-order valence-corrected chi connectivity index (χ1v) is 7.76. The number of phenols is 1. The zero-order valence-electron chi connectivity index (χ0n) is 11.3. The highest BCUT2D eigenvalue weighted by Crippen LogP contribution is 2.13. The molecule has 0 aliphatic carbocycles. The van der Waals surface area contributed by atoms with Gasteiger partial charge < -0.3 is 9.84 Å². The SMILES string of the molecule is CC(C)COCCCNS(=O)(=O)c1ccc(O)cc1. The average molecular weight is 287 g/mol. The molecule has 0 aliphatic rings. The van der Waals surface area contributed by atoms with Gasteiger partial charge in [-0.15, -0.1) is 0 Å². The highest BCUT2D eigenvalue weighted by atomic mass is 32.2. The number of ether oxygens (including phenoxy) is 1. The Bertz CT molecular complexity index is 468. The predicted octanol–water partition coefficient (Wildman–Crippen LogP) is 1.73. The van der Waals surface area contributed by atoms with Crippen molar-refractivity contribution in [2.45, 2.75) is 25.2 Å². The fourth-order valence-electron chi connectivity index (χ4n) is 1.41. The van der Waals surface area contributed by atoms with E-state index in [1.165, 1.54) is 24.3 Å². The molecule has 0 heterocycles. The molecule has 0 atom stereocenters. The number of benzene rings is 1. The van der Waals surface area contributed by atoms with E-state index in [-0.39, 0.29) is 10.6 Å². The van der Waals surface area contributed by atoms with Gasteiger partial charge in [-0.3, -0.25) is 0 Å². The van der Waals surface area contributed by atoms with E-state index in [0.717, 1.165) is 0 Å². The van der Waals surface area contributed by atoms with Crippen LogP contribution in [0.15, 0.2) is 29.2 Å². The fraction of sp³-hybridized carbons (Fsp3) is 0.538. The normalized spacial score (nSPS) is 11.9. The Morgan fingerprint density at radius 1 is 1.26 bits per heavy atom. The van der Waals surface area contributed by atoms with E-state index in [1.54, 1.807) is 0 Å². The zero-order valence-corrected chi connectivity index (χ0v) is 12.1. The number of phenolic OH excluding ortho intramolecular Hbond substituents is 1. The van der Waals surface area contributed by atoms with Crippen LogP contribution >= 0.6 is 0 Å². The van der Waals surface area contributed by atoms with Crippen molar-refractivity contribution in [1.82, 2.24) is 4.72 Å². The maximum Gasteiger partial charge on any atom is 0.240 e. The highest BCUT2D eigenvalue weighted by molar-refractivity contribution is 7.89. The third-order valence-electron chi connectivity index (χ3n) is 2.36. The van der Waals surface area contributed by atoms with Crippen molar-refractivity contribution in [3.8, 4) is 5.75 Å². The Morgan fingerprint density at radius 2 is 1.89 bits per heavy atom. The number of aromatic hydroxyl groups is 1. The van der Waals surface area contributed by atoms with E-state index in [4.69, 9.17) is 9.84 Å². The summed E-state index contributed by atoms with van der Waals surface area (Å²) in [4.78, 5) is 0.147. The molecule has 0 saturated heterocycles. The first kappa shape index (κ1) is 15.9. The van der Waals surface area contributed by atoms with Crippen LogP contribution in [0, 0.1) is 5.92 Å². The van der Waals surface area contributed by atoms with Crippen LogP contribution in [0.3, 0.4) is 0 Å². The molecule has 0 saturated carbocycles. The minimum absolute atomic E-state index is 0.0426. The molecule has 1 aromatic rings. The fourth-order valence-corrected chi connectivity index (χ4v) is 2.48. The lowest BCUT2D eigenvalue weighted by Crippen LogP contribution is -2.25. The first-order chi connectivity index (χ1) is 8.92. The van der Waals surface area contributed by atoms with E-state index in [9.17, 15) is 8.42 Å². The minimum atomic E-state index is -3.50. The predicted molar refractivity (Wildman–Crippen MR) is 73.6 cm³/mol. The number of hydrogen-bond acceptors (Lipinski definition) is 4. The van der Waals surface area contributed by atoms with Crippen LogP contribution in [0.4, 0.5) is 0 Å². The van der Waals surface area contributed by atoms with E-state index in [2.05, 4.69) is 18.6 Å². The summed E-state index contributed by atoms with van der Waals surface area (Å²) < 4.78 is 31.6. The number of nitrogens with one attached hydrogen (secondary N) is 1. The summed E-state index contributed by atoms with van der Waals surface area (Å²) in [5.74, 6) is 0.523. The molecular weight excluding hydrogens is 266 g/mol. The van der Waals surface area contributed by atoms with Crippen molar-refractivity contribution in [2.75, 3.05) is 19.8 Å². The molecule has 0 radical (unpaired) electrons. The topological polar surface area (TPSA) is 75.6 Å². The highest BCUT2D eigenvalue weighted by Gasteiger charge is 2.12. The van der Waals surface area contributed by atoms with Gasteiger partial charge in [0, 0.05) is 19.8 Å². The Morgan fingerprint density at radius 3 is 2.47 bits per heavy atom. The molecule has 0 spiro atoms. The van der Waals surface area contributed by atoms with Crippen LogP contribution in [-0.2, 0) is 14.8 Å². The van der Waals surface area contributed by atoms with Crippen molar-refractivity contribution in [1.29, 1.82) is 0 Å². The number of hydrogen-bond donors (Lipinski definition) is 2. The van der Waals surface area contributed by atoms with Crippen LogP contribution < -0.4 is 4.72 Å². The lowest BCUT2D eigenvalue weighted by Gasteiger charge is -2.08. The molecule has 1 rings (SSSR count). The van der Waals surface area contributed by atoms with Gasteiger partial charge in [-0.1, -0.05) is 13.8 Å². The average Bonchev–Trinajstić information content (AvgIpc) is 2.34. The van der Waals surface area contributed by atoms with Crippen molar-refractivity contribution < 1.29 is 18.3 Å². The van der Waals surface area contributed by atoms with Gasteiger partial charge in [0.25, 0.3) is 0 Å². The van der Waals surface area contributed by atoms with E-state index in [1.807, 2.05) is 0 Å². The van der Waals surface area contributed by atoms with Crippen molar-refractivity contribution in [3.05, 3.63) is 24.3 Å². The molecule has 0 unspecified atom stereocenters. The Labute approximate surface area is 114 Å². The Hall–Kier alpha value is -1.11. The first-order valence-electron chi connectivity index (χ1n) is 6.28. The molecule has 19 heavy (non-hydrogen) atoms. The monoisotopic (exact) mass is 287 g/mol. The summed E-state index contributed by atoms with van der Waals surface area (Å²) in [6, 6.07) is 5.43. The molecule has 0 aromatic heterocycles. The lowest BCUT2D eigenvalue weighted by atomic mass is 10.2. The molecule has 2 N–H and O–H groups in total. The molecule has 0 fully saturated rings. The second-order valence-electron chi connectivity index (χ2n) is 4.71. The van der Waals surface area contributed by atoms with E-state index < -0.39 is 10.0 Å². The molecule has 0 aliphatic heterocycles. The smallest absolute Gasteiger partial charge is 0.240 e. The zero-order chi connectivity index (χ0) is 14.3. The molecule has 108 valence electrons. The van der Waals surface area contributed by atoms with Gasteiger partial charge in [0.15, 0.2) is 0 Å². The Balaban J connectivity index is 2.33. The third kappa shape index (κ3) is 6.04. The summed E-state index contributed by atoms with van der Waals surface area (Å²) in [6.07, 6.45) is 0.629. The van der Waals surface area contributed by atoms with Gasteiger partial charge in [0.1, 0.15) is 5.75 Å². The van der Waals surface area contributed by atoms with Crippen LogP contribution in [0.5, 0.6) is 5.75 Å². The van der Waals surface area contributed by atoms with E-state index >= 15 is 0 Å². The summed E-state index contributed by atoms with van der Waals surface area (Å²) in [7, 11) is -3.50. The molecule has 6 heteroatoms. The summed E-state index contributed by atoms with van der Waals surface area (Å²) in [5.41, 5.74) is 0. The quantitative estimate of drug-likeness (QED) is 0.714. The van der Waals surface area contributed by atoms with Gasteiger partial charge in [0.05, 0.1) is 4.90 Å². The summed E-state index contributed by atoms with van der Waals surface area (Å²) in [5, 5.41) is 9.11. The van der Waals surface area contributed by atoms with Crippen LogP contribution in [-0.4, -0.2) is 33.3 Å². The van der Waals surface area contributed by atoms with Gasteiger partial charge >= 0.3 is 0 Å². The van der Waals surface area contributed by atoms with E-state index in [0.29, 0.717) is 32.1 Å². The molecular formula is C13H21NO4S. The van der Waals surface area contributed by atoms with Gasteiger partial charge in [-0.05, 0) is 36.6 Å². The third-order valence-corrected chi connectivity index (χ3v) is 3.83.